The lowest BCUT2D eigenvalue weighted by atomic mass is 10.1. The number of nitrogens with one attached hydrogen (secondary N) is 1. The van der Waals surface area contributed by atoms with E-state index in [9.17, 15) is 22.4 Å². The molecule has 1 atom stereocenters. The largest absolute Gasteiger partial charge is 0.497 e. The van der Waals surface area contributed by atoms with Gasteiger partial charge in [0.05, 0.1) is 17.7 Å². The minimum Gasteiger partial charge on any atom is -0.497 e. The Morgan fingerprint density at radius 2 is 1.52 bits per heavy atom. The number of nitrogens with zero attached hydrogens (tertiary/aromatic N) is 2. The lowest BCUT2D eigenvalue weighted by Gasteiger charge is -2.32. The van der Waals surface area contributed by atoms with Crippen LogP contribution in [0.15, 0.2) is 77.7 Å². The first-order valence-electron chi connectivity index (χ1n) is 13.0. The van der Waals surface area contributed by atoms with Gasteiger partial charge in [0.25, 0.3) is 10.0 Å². The van der Waals surface area contributed by atoms with Crippen molar-refractivity contribution >= 4 is 27.5 Å². The van der Waals surface area contributed by atoms with Crippen molar-refractivity contribution in [3.8, 4) is 5.75 Å². The molecule has 0 radical (unpaired) electrons. The van der Waals surface area contributed by atoms with Crippen LogP contribution in [0.5, 0.6) is 5.75 Å². The Morgan fingerprint density at radius 1 is 0.925 bits per heavy atom. The summed E-state index contributed by atoms with van der Waals surface area (Å²) in [6.07, 6.45) is 0. The van der Waals surface area contributed by atoms with E-state index in [2.05, 4.69) is 5.32 Å². The van der Waals surface area contributed by atoms with Gasteiger partial charge in [-0.15, -0.1) is 0 Å². The summed E-state index contributed by atoms with van der Waals surface area (Å²) in [5.74, 6) is -0.656. The number of carbonyl (C=O) groups excluding carboxylic acids is 2. The van der Waals surface area contributed by atoms with Crippen LogP contribution < -0.4 is 14.4 Å². The standard InChI is InChI=1S/C30H36FN3O5S/c1-21(2)18-32-30(36)23(4)33(19-24-8-14-27(39-5)15-9-24)29(35)20-34(26-12-6-22(3)7-13-26)40(37,38)28-16-10-25(31)11-17-28/h6-17,21,23H,18-20H2,1-5H3,(H,32,36)/t23-/m1/s1. The van der Waals surface area contributed by atoms with Gasteiger partial charge < -0.3 is 15.0 Å². The first-order chi connectivity index (χ1) is 18.9. The fourth-order valence-electron chi connectivity index (χ4n) is 3.94. The number of methoxy groups -OCH3 is 1. The van der Waals surface area contributed by atoms with E-state index in [1.165, 1.54) is 4.90 Å². The van der Waals surface area contributed by atoms with Gasteiger partial charge >= 0.3 is 0 Å². The van der Waals surface area contributed by atoms with Crippen LogP contribution in [0.2, 0.25) is 0 Å². The second-order valence-electron chi connectivity index (χ2n) is 9.99. The number of halogens is 1. The molecule has 3 rings (SSSR count). The molecule has 0 spiro atoms. The van der Waals surface area contributed by atoms with E-state index >= 15 is 0 Å². The zero-order chi connectivity index (χ0) is 29.4. The van der Waals surface area contributed by atoms with Gasteiger partial charge in [-0.2, -0.15) is 0 Å². The summed E-state index contributed by atoms with van der Waals surface area (Å²) in [4.78, 5) is 28.1. The van der Waals surface area contributed by atoms with Crippen molar-refractivity contribution in [1.29, 1.82) is 0 Å². The summed E-state index contributed by atoms with van der Waals surface area (Å²) in [7, 11) is -2.71. The Hall–Kier alpha value is -3.92. The summed E-state index contributed by atoms with van der Waals surface area (Å²) < 4.78 is 47.3. The quantitative estimate of drug-likeness (QED) is 0.346. The van der Waals surface area contributed by atoms with Crippen LogP contribution in [0.1, 0.15) is 31.9 Å². The van der Waals surface area contributed by atoms with E-state index in [1.54, 1.807) is 62.6 Å². The number of rotatable bonds is 12. The van der Waals surface area contributed by atoms with Gasteiger partial charge in [0.15, 0.2) is 0 Å². The smallest absolute Gasteiger partial charge is 0.264 e. The molecule has 0 bridgehead atoms. The summed E-state index contributed by atoms with van der Waals surface area (Å²) in [5, 5.41) is 2.85. The highest BCUT2D eigenvalue weighted by molar-refractivity contribution is 7.92. The molecular weight excluding hydrogens is 533 g/mol. The monoisotopic (exact) mass is 569 g/mol. The second kappa shape index (κ2) is 13.4. The van der Waals surface area contributed by atoms with E-state index < -0.39 is 34.3 Å². The molecule has 2 amide bonds. The fourth-order valence-corrected chi connectivity index (χ4v) is 5.35. The third kappa shape index (κ3) is 7.81. The van der Waals surface area contributed by atoms with Gasteiger partial charge in [-0.05, 0) is 73.9 Å². The molecule has 0 saturated heterocycles. The molecule has 0 heterocycles. The molecule has 40 heavy (non-hydrogen) atoms. The molecule has 1 N–H and O–H groups in total. The number of aryl methyl sites for hydroxylation is 1. The summed E-state index contributed by atoms with van der Waals surface area (Å²) >= 11 is 0. The Bertz CT molecular complexity index is 1390. The molecule has 0 unspecified atom stereocenters. The topological polar surface area (TPSA) is 96.0 Å². The Balaban J connectivity index is 2.00. The maximum atomic E-state index is 13.9. The molecule has 0 aliphatic carbocycles. The number of carbonyl (C=O) groups is 2. The van der Waals surface area contributed by atoms with Gasteiger partial charge in [-0.1, -0.05) is 43.7 Å². The SMILES string of the molecule is COc1ccc(CN(C(=O)CN(c2ccc(C)cc2)S(=O)(=O)c2ccc(F)cc2)[C@H](C)C(=O)NCC(C)C)cc1. The normalized spacial score (nSPS) is 12.1. The molecule has 214 valence electrons. The van der Waals surface area contributed by atoms with Crippen LogP contribution in [0.25, 0.3) is 0 Å². The van der Waals surface area contributed by atoms with Crippen LogP contribution in [0, 0.1) is 18.7 Å². The molecule has 0 fully saturated rings. The van der Waals surface area contributed by atoms with Crippen molar-refractivity contribution in [1.82, 2.24) is 10.2 Å². The van der Waals surface area contributed by atoms with Crippen molar-refractivity contribution in [2.24, 2.45) is 5.92 Å². The number of sulfonamides is 1. The number of benzene rings is 3. The van der Waals surface area contributed by atoms with Gasteiger partial charge in [-0.3, -0.25) is 13.9 Å². The lowest BCUT2D eigenvalue weighted by Crippen LogP contribution is -2.51. The van der Waals surface area contributed by atoms with E-state index in [0.717, 1.165) is 39.7 Å². The molecule has 3 aromatic rings. The molecule has 3 aromatic carbocycles. The summed E-state index contributed by atoms with van der Waals surface area (Å²) in [6.45, 7) is 7.33. The highest BCUT2D eigenvalue weighted by atomic mass is 32.2. The second-order valence-corrected chi connectivity index (χ2v) is 11.8. The number of ether oxygens (including phenoxy) is 1. The van der Waals surface area contributed by atoms with Gasteiger partial charge in [-0.25, -0.2) is 12.8 Å². The number of amides is 2. The number of hydrogen-bond donors (Lipinski definition) is 1. The maximum Gasteiger partial charge on any atom is 0.264 e. The molecule has 0 saturated carbocycles. The van der Waals surface area contributed by atoms with Crippen LogP contribution in [0.4, 0.5) is 10.1 Å². The molecule has 8 nitrogen and oxygen atoms in total. The molecule has 0 aliphatic rings. The van der Waals surface area contributed by atoms with E-state index in [-0.39, 0.29) is 29.0 Å². The van der Waals surface area contributed by atoms with Crippen molar-refractivity contribution in [3.63, 3.8) is 0 Å². The predicted molar refractivity (Wildman–Crippen MR) is 153 cm³/mol. The minimum atomic E-state index is -4.26. The van der Waals surface area contributed by atoms with Crippen LogP contribution in [-0.4, -0.2) is 51.4 Å². The average molecular weight is 570 g/mol. The Labute approximate surface area is 235 Å². The third-order valence-electron chi connectivity index (χ3n) is 6.37. The highest BCUT2D eigenvalue weighted by Crippen LogP contribution is 2.25. The van der Waals surface area contributed by atoms with Gasteiger partial charge in [0, 0.05) is 13.1 Å². The van der Waals surface area contributed by atoms with Crippen LogP contribution in [-0.2, 0) is 26.2 Å². The first kappa shape index (κ1) is 30.6. The summed E-state index contributed by atoms with van der Waals surface area (Å²) in [5.41, 5.74) is 1.91. The predicted octanol–water partition coefficient (Wildman–Crippen LogP) is 4.53. The maximum absolute atomic E-state index is 13.9. The molecule has 0 aliphatic heterocycles. The molecule has 0 aromatic heterocycles. The highest BCUT2D eigenvalue weighted by Gasteiger charge is 2.32. The number of hydrogen-bond acceptors (Lipinski definition) is 5. The van der Waals surface area contributed by atoms with E-state index in [0.29, 0.717) is 12.3 Å². The van der Waals surface area contributed by atoms with Gasteiger partial charge in [0.1, 0.15) is 24.2 Å². The first-order valence-corrected chi connectivity index (χ1v) is 14.4. The molecule has 10 heteroatoms. The van der Waals surface area contributed by atoms with Crippen molar-refractivity contribution in [2.75, 3.05) is 24.5 Å². The number of anilines is 1. The lowest BCUT2D eigenvalue weighted by molar-refractivity contribution is -0.139. The third-order valence-corrected chi connectivity index (χ3v) is 8.15. The van der Waals surface area contributed by atoms with Gasteiger partial charge in [0.2, 0.25) is 11.8 Å². The fraction of sp³-hybridized carbons (Fsp3) is 0.333. The van der Waals surface area contributed by atoms with Crippen molar-refractivity contribution in [2.45, 2.75) is 45.2 Å². The zero-order valence-corrected chi connectivity index (χ0v) is 24.2. The van der Waals surface area contributed by atoms with E-state index in [4.69, 9.17) is 4.74 Å². The van der Waals surface area contributed by atoms with Crippen LogP contribution in [0.3, 0.4) is 0 Å². The van der Waals surface area contributed by atoms with Crippen molar-refractivity contribution in [3.05, 3.63) is 89.7 Å². The van der Waals surface area contributed by atoms with E-state index in [1.807, 2.05) is 20.8 Å². The average Bonchev–Trinajstić information content (AvgIpc) is 2.93. The summed E-state index contributed by atoms with van der Waals surface area (Å²) in [6, 6.07) is 17.3. The Kier molecular flexibility index (Phi) is 10.3. The van der Waals surface area contributed by atoms with Crippen LogP contribution >= 0.6 is 0 Å². The Morgan fingerprint density at radius 3 is 2.08 bits per heavy atom. The molecular formula is C30H36FN3O5S. The van der Waals surface area contributed by atoms with Crippen molar-refractivity contribution < 1.29 is 27.1 Å². The minimum absolute atomic E-state index is 0.0669. The zero-order valence-electron chi connectivity index (χ0n) is 23.4.